The molecule has 0 aromatic carbocycles. The van der Waals surface area contributed by atoms with Gasteiger partial charge in [-0.15, -0.1) is 0 Å². The predicted octanol–water partition coefficient (Wildman–Crippen LogP) is 0.319. The molecule has 0 bridgehead atoms. The minimum Gasteiger partial charge on any atom is -0.503 e. The number of rotatable bonds is 1. The van der Waals surface area contributed by atoms with E-state index in [2.05, 4.69) is 11.9 Å². The maximum absolute atomic E-state index is 11.4. The van der Waals surface area contributed by atoms with E-state index in [4.69, 9.17) is 0 Å². The molecular weight excluding hydrogens is 170 g/mol. The Bertz CT molecular complexity index is 328. The lowest BCUT2D eigenvalue weighted by Crippen LogP contribution is -2.34. The molecule has 13 heavy (non-hydrogen) atoms. The van der Waals surface area contributed by atoms with Gasteiger partial charge in [-0.3, -0.25) is 9.59 Å². The third-order valence-corrected chi connectivity index (χ3v) is 2.16. The van der Waals surface area contributed by atoms with Gasteiger partial charge in [0.1, 0.15) is 5.70 Å². The van der Waals surface area contributed by atoms with Gasteiger partial charge in [0, 0.05) is 18.5 Å². The van der Waals surface area contributed by atoms with Crippen LogP contribution >= 0.6 is 0 Å². The molecule has 1 atom stereocenters. The van der Waals surface area contributed by atoms with E-state index < -0.39 is 17.5 Å². The van der Waals surface area contributed by atoms with Gasteiger partial charge in [0.05, 0.1) is 0 Å². The summed E-state index contributed by atoms with van der Waals surface area (Å²) >= 11 is 0. The topological polar surface area (TPSA) is 66.4 Å². The summed E-state index contributed by atoms with van der Waals surface area (Å²) in [5.74, 6) is -1.94. The predicted molar refractivity (Wildman–Crippen MR) is 47.0 cm³/mol. The van der Waals surface area contributed by atoms with Crippen LogP contribution in [0.1, 0.15) is 6.92 Å². The third-order valence-electron chi connectivity index (χ3n) is 2.16. The lowest BCUT2D eigenvalue weighted by Gasteiger charge is -2.20. The van der Waals surface area contributed by atoms with E-state index in [-0.39, 0.29) is 17.1 Å². The zero-order chi connectivity index (χ0) is 10.2. The van der Waals surface area contributed by atoms with Gasteiger partial charge in [-0.25, -0.2) is 0 Å². The summed E-state index contributed by atoms with van der Waals surface area (Å²) in [4.78, 5) is 22.7. The van der Waals surface area contributed by atoms with E-state index in [0.717, 1.165) is 0 Å². The first-order valence-corrected chi connectivity index (χ1v) is 3.89. The normalized spacial score (nSPS) is 23.8. The number of Topliss-reactive ketones (excluding diaryl/α,β-unsaturated/α-hetero) is 2. The van der Waals surface area contributed by atoms with Crippen LogP contribution in [0.2, 0.25) is 0 Å². The average Bonchev–Trinajstić information content (AvgIpc) is 2.13. The molecule has 4 nitrogen and oxygen atoms in total. The Kier molecular flexibility index (Phi) is 2.23. The summed E-state index contributed by atoms with van der Waals surface area (Å²) < 4.78 is 0. The number of hydrogen-bond donors (Lipinski definition) is 2. The number of hydrogen-bond acceptors (Lipinski definition) is 4. The Morgan fingerprint density at radius 2 is 2.00 bits per heavy atom. The van der Waals surface area contributed by atoms with Gasteiger partial charge in [-0.1, -0.05) is 13.5 Å². The van der Waals surface area contributed by atoms with Gasteiger partial charge >= 0.3 is 0 Å². The molecule has 0 amide bonds. The van der Waals surface area contributed by atoms with E-state index >= 15 is 0 Å². The summed E-state index contributed by atoms with van der Waals surface area (Å²) in [5.41, 5.74) is 0.117. The fourth-order valence-corrected chi connectivity index (χ4v) is 1.20. The fourth-order valence-electron chi connectivity index (χ4n) is 1.20. The van der Waals surface area contributed by atoms with Crippen molar-refractivity contribution in [3.8, 4) is 0 Å². The monoisotopic (exact) mass is 181 g/mol. The summed E-state index contributed by atoms with van der Waals surface area (Å²) in [6.07, 6.45) is 0. The van der Waals surface area contributed by atoms with E-state index in [1.165, 1.54) is 7.05 Å². The highest BCUT2D eigenvalue weighted by Crippen LogP contribution is 2.24. The van der Waals surface area contributed by atoms with E-state index in [0.29, 0.717) is 0 Å². The quantitative estimate of drug-likeness (QED) is 0.572. The van der Waals surface area contributed by atoms with Crippen LogP contribution in [0.4, 0.5) is 0 Å². The van der Waals surface area contributed by atoms with Crippen LogP contribution in [0.15, 0.2) is 23.6 Å². The highest BCUT2D eigenvalue weighted by molar-refractivity contribution is 6.19. The highest BCUT2D eigenvalue weighted by Gasteiger charge is 2.34. The van der Waals surface area contributed by atoms with Crippen molar-refractivity contribution in [1.29, 1.82) is 0 Å². The van der Waals surface area contributed by atoms with Crippen molar-refractivity contribution in [2.24, 2.45) is 5.92 Å². The first-order chi connectivity index (χ1) is 6.00. The van der Waals surface area contributed by atoms with Crippen molar-refractivity contribution in [3.63, 3.8) is 0 Å². The molecule has 1 unspecified atom stereocenters. The fraction of sp³-hybridized carbons (Fsp3) is 0.333. The number of aliphatic hydroxyl groups is 1. The van der Waals surface area contributed by atoms with Crippen LogP contribution in [0.5, 0.6) is 0 Å². The molecule has 0 fully saturated rings. The Labute approximate surface area is 75.9 Å². The Balaban J connectivity index is 3.26. The van der Waals surface area contributed by atoms with Crippen LogP contribution in [0.25, 0.3) is 0 Å². The summed E-state index contributed by atoms with van der Waals surface area (Å²) in [5, 5.41) is 11.8. The second-order valence-corrected chi connectivity index (χ2v) is 2.91. The van der Waals surface area contributed by atoms with Crippen molar-refractivity contribution < 1.29 is 14.7 Å². The molecule has 70 valence electrons. The number of ketones is 2. The van der Waals surface area contributed by atoms with Crippen molar-refractivity contribution in [3.05, 3.63) is 23.6 Å². The van der Waals surface area contributed by atoms with Gasteiger partial charge in [0.2, 0.25) is 5.78 Å². The van der Waals surface area contributed by atoms with Crippen LogP contribution in [-0.2, 0) is 9.59 Å². The molecule has 0 aromatic rings. The van der Waals surface area contributed by atoms with Gasteiger partial charge in [-0.2, -0.15) is 0 Å². The molecule has 0 aliphatic heterocycles. The van der Waals surface area contributed by atoms with Crippen LogP contribution < -0.4 is 5.32 Å². The highest BCUT2D eigenvalue weighted by atomic mass is 16.3. The number of likely N-dealkylation sites (N-methyl/N-ethyl adjacent to an activating group) is 1. The molecule has 1 aliphatic rings. The number of carbonyl (C=O) groups is 2. The van der Waals surface area contributed by atoms with Crippen molar-refractivity contribution in [2.75, 3.05) is 7.05 Å². The van der Waals surface area contributed by atoms with E-state index in [1.807, 2.05) is 0 Å². The maximum Gasteiger partial charge on any atom is 0.225 e. The molecule has 0 saturated carbocycles. The number of carbonyl (C=O) groups excluding carboxylic acids is 2. The Morgan fingerprint density at radius 1 is 1.46 bits per heavy atom. The summed E-state index contributed by atoms with van der Waals surface area (Å²) in [6, 6.07) is 0. The van der Waals surface area contributed by atoms with E-state index in [1.54, 1.807) is 6.92 Å². The lowest BCUT2D eigenvalue weighted by molar-refractivity contribution is -0.123. The summed E-state index contributed by atoms with van der Waals surface area (Å²) in [7, 11) is 1.48. The first-order valence-electron chi connectivity index (χ1n) is 3.89. The second kappa shape index (κ2) is 3.05. The minimum atomic E-state index is -0.559. The molecule has 0 heterocycles. The number of nitrogens with one attached hydrogen (secondary N) is 1. The zero-order valence-corrected chi connectivity index (χ0v) is 7.55. The van der Waals surface area contributed by atoms with Crippen molar-refractivity contribution >= 4 is 11.6 Å². The summed E-state index contributed by atoms with van der Waals surface area (Å²) in [6.45, 7) is 5.04. The lowest BCUT2D eigenvalue weighted by atomic mass is 9.86. The Hall–Kier alpha value is -1.58. The van der Waals surface area contributed by atoms with Crippen LogP contribution in [0.3, 0.4) is 0 Å². The van der Waals surface area contributed by atoms with Crippen molar-refractivity contribution in [2.45, 2.75) is 6.92 Å². The SMILES string of the molecule is C=C1C(=O)C(O)=C(NC)C(=O)C1C. The molecule has 1 aliphatic carbocycles. The third kappa shape index (κ3) is 1.24. The molecule has 4 heteroatoms. The molecule has 0 spiro atoms. The zero-order valence-electron chi connectivity index (χ0n) is 7.55. The van der Waals surface area contributed by atoms with Gasteiger partial charge in [-0.05, 0) is 0 Å². The standard InChI is InChI=1S/C9H11NO3/c1-4-5(2)8(12)9(13)6(10-3)7(4)11/h4,10,13H,2H2,1,3H3. The molecular formula is C9H11NO3. The number of aliphatic hydroxyl groups excluding tert-OH is 1. The van der Waals surface area contributed by atoms with Crippen LogP contribution in [-0.4, -0.2) is 23.7 Å². The second-order valence-electron chi connectivity index (χ2n) is 2.91. The molecule has 0 radical (unpaired) electrons. The Morgan fingerprint density at radius 3 is 2.46 bits per heavy atom. The van der Waals surface area contributed by atoms with Gasteiger partial charge in [0.25, 0.3) is 0 Å². The molecule has 2 N–H and O–H groups in total. The largest absolute Gasteiger partial charge is 0.503 e. The molecule has 1 rings (SSSR count). The molecule has 0 saturated heterocycles. The number of allylic oxidation sites excluding steroid dienone is 2. The van der Waals surface area contributed by atoms with E-state index in [9.17, 15) is 14.7 Å². The van der Waals surface area contributed by atoms with Gasteiger partial charge in [0.15, 0.2) is 11.5 Å². The van der Waals surface area contributed by atoms with Gasteiger partial charge < -0.3 is 10.4 Å². The minimum absolute atomic E-state index is 0.0232. The maximum atomic E-state index is 11.4. The first kappa shape index (κ1) is 9.51. The average molecular weight is 181 g/mol. The molecule has 0 aromatic heterocycles. The smallest absolute Gasteiger partial charge is 0.225 e. The van der Waals surface area contributed by atoms with Crippen LogP contribution in [0, 0.1) is 5.92 Å². The van der Waals surface area contributed by atoms with Crippen molar-refractivity contribution in [1.82, 2.24) is 5.32 Å².